The molecule has 2 aromatic heterocycles. The van der Waals surface area contributed by atoms with Crippen LogP contribution >= 0.6 is 0 Å². The molecule has 0 atom stereocenters. The molecule has 0 amide bonds. The second-order valence-electron chi connectivity index (χ2n) is 5.66. The first-order valence-electron chi connectivity index (χ1n) is 6.84. The first kappa shape index (κ1) is 11.1. The summed E-state index contributed by atoms with van der Waals surface area (Å²) in [4.78, 5) is 0. The number of hydrogen-bond donors (Lipinski definition) is 1. The van der Waals surface area contributed by atoms with E-state index in [4.69, 9.17) is 14.6 Å². The molecule has 3 aromatic rings. The highest BCUT2D eigenvalue weighted by atomic mass is 16.3. The molecule has 3 nitrogen and oxygen atoms in total. The van der Waals surface area contributed by atoms with Crippen molar-refractivity contribution in [2.24, 2.45) is 5.73 Å². The van der Waals surface area contributed by atoms with Crippen molar-refractivity contribution in [1.29, 1.82) is 0 Å². The van der Waals surface area contributed by atoms with Crippen molar-refractivity contribution in [2.45, 2.75) is 31.6 Å². The third-order valence-corrected chi connectivity index (χ3v) is 4.80. The lowest BCUT2D eigenvalue weighted by Gasteiger charge is -2.41. The van der Waals surface area contributed by atoms with Crippen LogP contribution in [0.1, 0.15) is 30.4 Å². The summed E-state index contributed by atoms with van der Waals surface area (Å²) in [5, 5.41) is 2.32. The van der Waals surface area contributed by atoms with Crippen molar-refractivity contribution in [3.63, 3.8) is 0 Å². The Hall–Kier alpha value is -1.74. The summed E-state index contributed by atoms with van der Waals surface area (Å²) in [5.74, 6) is 0. The summed E-state index contributed by atoms with van der Waals surface area (Å²) in [5.41, 5.74) is 10.5. The van der Waals surface area contributed by atoms with Crippen LogP contribution in [0.2, 0.25) is 0 Å². The summed E-state index contributed by atoms with van der Waals surface area (Å²) in [6.07, 6.45) is 7.06. The topological polar surface area (TPSA) is 52.3 Å². The summed E-state index contributed by atoms with van der Waals surface area (Å²) >= 11 is 0. The Kier molecular flexibility index (Phi) is 2.13. The zero-order valence-corrected chi connectivity index (χ0v) is 11.0. The Morgan fingerprint density at radius 3 is 2.42 bits per heavy atom. The van der Waals surface area contributed by atoms with Crippen LogP contribution < -0.4 is 5.73 Å². The number of rotatable bonds is 2. The molecule has 3 heteroatoms. The largest absolute Gasteiger partial charge is 0.464 e. The second-order valence-corrected chi connectivity index (χ2v) is 5.66. The third-order valence-electron chi connectivity index (χ3n) is 4.80. The summed E-state index contributed by atoms with van der Waals surface area (Å²) in [6.45, 7) is 2.76. The lowest BCUT2D eigenvalue weighted by Crippen LogP contribution is -2.41. The molecule has 1 aliphatic rings. The predicted molar refractivity (Wildman–Crippen MR) is 75.3 cm³/mol. The van der Waals surface area contributed by atoms with Crippen LogP contribution in [-0.2, 0) is 5.41 Å². The molecule has 2 N–H and O–H groups in total. The van der Waals surface area contributed by atoms with Gasteiger partial charge in [-0.3, -0.25) is 0 Å². The van der Waals surface area contributed by atoms with Gasteiger partial charge in [-0.1, -0.05) is 6.42 Å². The molecule has 4 rings (SSSR count). The van der Waals surface area contributed by atoms with Crippen molar-refractivity contribution < 1.29 is 8.83 Å². The van der Waals surface area contributed by atoms with Crippen molar-refractivity contribution in [2.75, 3.05) is 6.54 Å². The number of benzene rings is 1. The van der Waals surface area contributed by atoms with Crippen molar-refractivity contribution >= 4 is 21.9 Å². The fourth-order valence-corrected chi connectivity index (χ4v) is 3.53. The molecule has 0 saturated heterocycles. The highest BCUT2D eigenvalue weighted by Gasteiger charge is 2.41. The second kappa shape index (κ2) is 3.64. The molecule has 0 radical (unpaired) electrons. The Balaban J connectivity index is 2.19. The first-order chi connectivity index (χ1) is 9.27. The van der Waals surface area contributed by atoms with E-state index in [9.17, 15) is 0 Å². The minimum atomic E-state index is 0.0753. The molecular formula is C16H17NO2. The fourth-order valence-electron chi connectivity index (χ4n) is 3.53. The highest BCUT2D eigenvalue weighted by molar-refractivity contribution is 6.02. The van der Waals surface area contributed by atoms with Gasteiger partial charge >= 0.3 is 0 Å². The van der Waals surface area contributed by atoms with Crippen LogP contribution in [0.5, 0.6) is 0 Å². The highest BCUT2D eigenvalue weighted by Crippen LogP contribution is 2.49. The van der Waals surface area contributed by atoms with Crippen LogP contribution in [0.25, 0.3) is 21.9 Å². The fraction of sp³-hybridized carbons (Fsp3) is 0.375. The molecule has 19 heavy (non-hydrogen) atoms. The van der Waals surface area contributed by atoms with Gasteiger partial charge in [0.15, 0.2) is 0 Å². The van der Waals surface area contributed by atoms with Crippen LogP contribution in [0.15, 0.2) is 33.5 Å². The molecule has 1 aliphatic carbocycles. The normalized spacial score (nSPS) is 18.0. The van der Waals surface area contributed by atoms with Crippen molar-refractivity contribution in [3.05, 3.63) is 35.8 Å². The van der Waals surface area contributed by atoms with E-state index >= 15 is 0 Å². The van der Waals surface area contributed by atoms with Crippen LogP contribution in [0, 0.1) is 6.92 Å². The molecule has 1 fully saturated rings. The standard InChI is InChI=1S/C16H17NO2/c1-10-11-3-7-19-15(11)13(12-4-8-18-14(10)12)16(9-17)5-2-6-16/h3-4,7-8H,2,5-6,9,17H2,1H3. The maximum absolute atomic E-state index is 6.09. The lowest BCUT2D eigenvalue weighted by molar-refractivity contribution is 0.255. The molecular weight excluding hydrogens is 238 g/mol. The first-order valence-corrected chi connectivity index (χ1v) is 6.84. The van der Waals surface area contributed by atoms with E-state index in [1.165, 1.54) is 17.4 Å². The minimum absolute atomic E-state index is 0.0753. The Morgan fingerprint density at radius 2 is 1.79 bits per heavy atom. The van der Waals surface area contributed by atoms with E-state index in [0.29, 0.717) is 6.54 Å². The van der Waals surface area contributed by atoms with Gasteiger partial charge in [0, 0.05) is 33.9 Å². The Bertz CT molecular complexity index is 704. The van der Waals surface area contributed by atoms with E-state index in [2.05, 4.69) is 13.0 Å². The minimum Gasteiger partial charge on any atom is -0.464 e. The monoisotopic (exact) mass is 255 g/mol. The molecule has 1 aromatic carbocycles. The van der Waals surface area contributed by atoms with E-state index < -0.39 is 0 Å². The molecule has 0 spiro atoms. The summed E-state index contributed by atoms with van der Waals surface area (Å²) in [7, 11) is 0. The van der Waals surface area contributed by atoms with Crippen LogP contribution in [0.4, 0.5) is 0 Å². The van der Waals surface area contributed by atoms with Gasteiger partial charge in [0.2, 0.25) is 0 Å². The summed E-state index contributed by atoms with van der Waals surface area (Å²) in [6, 6.07) is 4.08. The lowest BCUT2D eigenvalue weighted by atomic mass is 9.63. The van der Waals surface area contributed by atoms with E-state index in [-0.39, 0.29) is 5.41 Å². The quantitative estimate of drug-likeness (QED) is 0.756. The van der Waals surface area contributed by atoms with Gasteiger partial charge in [-0.05, 0) is 31.9 Å². The molecule has 98 valence electrons. The van der Waals surface area contributed by atoms with Gasteiger partial charge in [0.25, 0.3) is 0 Å². The number of furan rings is 2. The summed E-state index contributed by atoms with van der Waals surface area (Å²) < 4.78 is 11.5. The molecule has 0 unspecified atom stereocenters. The smallest absolute Gasteiger partial charge is 0.138 e. The van der Waals surface area contributed by atoms with E-state index in [1.54, 1.807) is 12.5 Å². The van der Waals surface area contributed by atoms with E-state index in [0.717, 1.165) is 35.0 Å². The van der Waals surface area contributed by atoms with E-state index in [1.807, 2.05) is 6.07 Å². The maximum Gasteiger partial charge on any atom is 0.138 e. The van der Waals surface area contributed by atoms with Crippen LogP contribution in [-0.4, -0.2) is 6.54 Å². The number of nitrogens with two attached hydrogens (primary N) is 1. The van der Waals surface area contributed by atoms with Crippen molar-refractivity contribution in [3.8, 4) is 0 Å². The maximum atomic E-state index is 6.09. The zero-order chi connectivity index (χ0) is 13.0. The molecule has 0 aliphatic heterocycles. The average molecular weight is 255 g/mol. The Morgan fingerprint density at radius 1 is 1.11 bits per heavy atom. The third kappa shape index (κ3) is 1.26. The molecule has 2 heterocycles. The van der Waals surface area contributed by atoms with Gasteiger partial charge in [-0.2, -0.15) is 0 Å². The van der Waals surface area contributed by atoms with Gasteiger partial charge in [0.1, 0.15) is 11.2 Å². The van der Waals surface area contributed by atoms with Gasteiger partial charge < -0.3 is 14.6 Å². The van der Waals surface area contributed by atoms with Gasteiger partial charge in [-0.25, -0.2) is 0 Å². The van der Waals surface area contributed by atoms with Gasteiger partial charge in [0.05, 0.1) is 12.5 Å². The molecule has 1 saturated carbocycles. The number of fused-ring (bicyclic) bond motifs is 2. The Labute approximate surface area is 111 Å². The predicted octanol–water partition coefficient (Wildman–Crippen LogP) is 3.87. The molecule has 0 bridgehead atoms. The number of hydrogen-bond acceptors (Lipinski definition) is 3. The average Bonchev–Trinajstić information content (AvgIpc) is 3.01. The van der Waals surface area contributed by atoms with Gasteiger partial charge in [-0.15, -0.1) is 0 Å². The zero-order valence-electron chi connectivity index (χ0n) is 11.0. The van der Waals surface area contributed by atoms with Crippen molar-refractivity contribution in [1.82, 2.24) is 0 Å². The SMILES string of the molecule is Cc1c2ccoc2c(C2(CN)CCC2)c2ccoc12. The van der Waals surface area contributed by atoms with Crippen LogP contribution in [0.3, 0.4) is 0 Å². The number of aryl methyl sites for hydroxylation is 1.